The van der Waals surface area contributed by atoms with Crippen molar-refractivity contribution in [1.82, 2.24) is 9.97 Å². The minimum Gasteiger partial charge on any atom is -0.372 e. The second-order valence-corrected chi connectivity index (χ2v) is 8.08. The second kappa shape index (κ2) is 5.34. The summed E-state index contributed by atoms with van der Waals surface area (Å²) in [5, 5.41) is 6.59. The monoisotopic (exact) mass is 379 g/mol. The summed E-state index contributed by atoms with van der Waals surface area (Å²) in [6.45, 7) is 0. The number of anilines is 1. The highest BCUT2D eigenvalue weighted by atomic mass is 79.9. The van der Waals surface area contributed by atoms with Gasteiger partial charge in [0.15, 0.2) is 5.82 Å². The van der Waals surface area contributed by atoms with Crippen LogP contribution in [0, 0.1) is 0 Å². The number of thiophene rings is 2. The van der Waals surface area contributed by atoms with Gasteiger partial charge in [0.1, 0.15) is 10.6 Å². The molecule has 0 aromatic carbocycles. The maximum absolute atomic E-state index is 4.83. The Bertz CT molecular complexity index is 822. The lowest BCUT2D eigenvalue weighted by Crippen LogP contribution is -2.01. The molecule has 108 valence electrons. The summed E-state index contributed by atoms with van der Waals surface area (Å²) in [5.41, 5.74) is 1.48. The molecule has 0 atom stereocenters. The van der Waals surface area contributed by atoms with E-state index in [1.54, 1.807) is 11.3 Å². The number of aryl methyl sites for hydroxylation is 2. The highest BCUT2D eigenvalue weighted by Crippen LogP contribution is 2.40. The van der Waals surface area contributed by atoms with E-state index in [0.29, 0.717) is 0 Å². The van der Waals surface area contributed by atoms with E-state index in [4.69, 9.17) is 9.97 Å². The van der Waals surface area contributed by atoms with Crippen molar-refractivity contribution >= 4 is 54.6 Å². The molecule has 3 heterocycles. The fourth-order valence-electron chi connectivity index (χ4n) is 2.88. The number of rotatable bonds is 2. The van der Waals surface area contributed by atoms with Gasteiger partial charge in [-0.05, 0) is 53.2 Å². The summed E-state index contributed by atoms with van der Waals surface area (Å²) in [6, 6.07) is 2.08. The van der Waals surface area contributed by atoms with Gasteiger partial charge in [0.25, 0.3) is 0 Å². The van der Waals surface area contributed by atoms with Crippen molar-refractivity contribution in [3.05, 3.63) is 26.4 Å². The number of aromatic nitrogens is 2. The van der Waals surface area contributed by atoms with E-state index in [2.05, 4.69) is 32.7 Å². The molecule has 1 aliphatic carbocycles. The van der Waals surface area contributed by atoms with Crippen molar-refractivity contribution in [2.75, 3.05) is 12.4 Å². The molecule has 21 heavy (non-hydrogen) atoms. The van der Waals surface area contributed by atoms with Gasteiger partial charge in [-0.25, -0.2) is 9.97 Å². The Morgan fingerprint density at radius 1 is 1.24 bits per heavy atom. The largest absolute Gasteiger partial charge is 0.372 e. The molecule has 0 amide bonds. The van der Waals surface area contributed by atoms with Gasteiger partial charge in [0.05, 0.1) is 10.3 Å². The molecule has 3 aromatic rings. The number of hydrogen-bond acceptors (Lipinski definition) is 5. The molecule has 3 aromatic heterocycles. The van der Waals surface area contributed by atoms with E-state index in [1.165, 1.54) is 35.1 Å². The van der Waals surface area contributed by atoms with Crippen LogP contribution in [-0.2, 0) is 12.8 Å². The van der Waals surface area contributed by atoms with Crippen LogP contribution in [0.3, 0.4) is 0 Å². The smallest absolute Gasteiger partial charge is 0.173 e. The van der Waals surface area contributed by atoms with Crippen LogP contribution in [0.15, 0.2) is 15.9 Å². The van der Waals surface area contributed by atoms with Crippen molar-refractivity contribution in [1.29, 1.82) is 0 Å². The zero-order chi connectivity index (χ0) is 14.4. The fraction of sp³-hybridized carbons (Fsp3) is 0.333. The fourth-order valence-corrected chi connectivity index (χ4v) is 5.50. The van der Waals surface area contributed by atoms with Gasteiger partial charge in [-0.3, -0.25) is 0 Å². The highest BCUT2D eigenvalue weighted by molar-refractivity contribution is 9.10. The van der Waals surface area contributed by atoms with E-state index >= 15 is 0 Å². The molecule has 4 rings (SSSR count). The van der Waals surface area contributed by atoms with Crippen LogP contribution in [0.25, 0.3) is 20.9 Å². The third-order valence-corrected chi connectivity index (χ3v) is 6.71. The van der Waals surface area contributed by atoms with Crippen molar-refractivity contribution in [3.63, 3.8) is 0 Å². The molecule has 6 heteroatoms. The van der Waals surface area contributed by atoms with Crippen molar-refractivity contribution < 1.29 is 0 Å². The molecule has 0 fully saturated rings. The van der Waals surface area contributed by atoms with E-state index in [-0.39, 0.29) is 0 Å². The zero-order valence-corrected chi connectivity index (χ0v) is 14.8. The molecular formula is C15H14BrN3S2. The Hall–Kier alpha value is -0.980. The summed E-state index contributed by atoms with van der Waals surface area (Å²) >= 11 is 7.02. The van der Waals surface area contributed by atoms with Gasteiger partial charge in [-0.1, -0.05) is 0 Å². The van der Waals surface area contributed by atoms with Crippen molar-refractivity contribution in [2.45, 2.75) is 25.7 Å². The molecule has 0 spiro atoms. The van der Waals surface area contributed by atoms with Gasteiger partial charge >= 0.3 is 0 Å². The Balaban J connectivity index is 1.96. The Labute approximate surface area is 139 Å². The summed E-state index contributed by atoms with van der Waals surface area (Å²) in [7, 11) is 1.95. The van der Waals surface area contributed by atoms with Gasteiger partial charge in [0, 0.05) is 21.8 Å². The van der Waals surface area contributed by atoms with E-state index in [1.807, 2.05) is 18.4 Å². The van der Waals surface area contributed by atoms with Crippen LogP contribution < -0.4 is 5.32 Å². The molecule has 3 nitrogen and oxygen atoms in total. The van der Waals surface area contributed by atoms with E-state index < -0.39 is 0 Å². The minimum atomic E-state index is 0.821. The Kier molecular flexibility index (Phi) is 3.47. The lowest BCUT2D eigenvalue weighted by Gasteiger charge is -2.11. The molecule has 1 aliphatic rings. The lowest BCUT2D eigenvalue weighted by atomic mass is 9.97. The van der Waals surface area contributed by atoms with Crippen molar-refractivity contribution in [3.8, 4) is 10.7 Å². The molecule has 0 saturated carbocycles. The van der Waals surface area contributed by atoms with Gasteiger partial charge in [-0.15, -0.1) is 22.7 Å². The average Bonchev–Trinajstić information content (AvgIpc) is 3.09. The third kappa shape index (κ3) is 2.29. The summed E-state index contributed by atoms with van der Waals surface area (Å²) < 4.78 is 1.09. The second-order valence-electron chi connectivity index (χ2n) is 5.17. The van der Waals surface area contributed by atoms with E-state index in [9.17, 15) is 0 Å². The van der Waals surface area contributed by atoms with Gasteiger partial charge in [-0.2, -0.15) is 0 Å². The first-order valence-corrected chi connectivity index (χ1v) is 9.49. The standard InChI is InChI=1S/C15H14BrN3S2/c1-17-14-12-9-4-2-3-5-10(9)21-15(12)19-13(18-14)11-6-8(16)7-20-11/h6-7H,2-5H2,1H3,(H,17,18,19). The van der Waals surface area contributed by atoms with Gasteiger partial charge in [0.2, 0.25) is 0 Å². The number of nitrogens with one attached hydrogen (secondary N) is 1. The van der Waals surface area contributed by atoms with Crippen LogP contribution >= 0.6 is 38.6 Å². The third-order valence-electron chi connectivity index (χ3n) is 3.84. The predicted molar refractivity (Wildman–Crippen MR) is 94.6 cm³/mol. The van der Waals surface area contributed by atoms with Crippen molar-refractivity contribution in [2.24, 2.45) is 0 Å². The molecule has 1 N–H and O–H groups in total. The first kappa shape index (κ1) is 13.7. The molecule has 0 radical (unpaired) electrons. The lowest BCUT2D eigenvalue weighted by molar-refractivity contribution is 0.700. The van der Waals surface area contributed by atoms with Gasteiger partial charge < -0.3 is 5.32 Å². The summed E-state index contributed by atoms with van der Waals surface area (Å²) in [5.74, 6) is 1.79. The number of hydrogen-bond donors (Lipinski definition) is 1. The zero-order valence-electron chi connectivity index (χ0n) is 11.6. The van der Waals surface area contributed by atoms with Crippen LogP contribution in [-0.4, -0.2) is 17.0 Å². The average molecular weight is 380 g/mol. The number of fused-ring (bicyclic) bond motifs is 3. The number of halogens is 1. The van der Waals surface area contributed by atoms with Crippen LogP contribution in [0.5, 0.6) is 0 Å². The molecule has 0 aliphatic heterocycles. The first-order chi connectivity index (χ1) is 10.3. The predicted octanol–water partition coefficient (Wildman–Crippen LogP) is 5.10. The molecular weight excluding hydrogens is 366 g/mol. The van der Waals surface area contributed by atoms with Crippen LogP contribution in [0.4, 0.5) is 5.82 Å². The summed E-state index contributed by atoms with van der Waals surface area (Å²) in [4.78, 5) is 13.3. The molecule has 0 saturated heterocycles. The topological polar surface area (TPSA) is 37.8 Å². The highest BCUT2D eigenvalue weighted by Gasteiger charge is 2.21. The molecule has 0 bridgehead atoms. The SMILES string of the molecule is CNc1nc(-c2cc(Br)cs2)nc2sc3c(c12)CCCC3. The Morgan fingerprint density at radius 3 is 2.86 bits per heavy atom. The van der Waals surface area contributed by atoms with E-state index in [0.717, 1.165) is 32.2 Å². The number of nitrogens with zero attached hydrogens (tertiary/aromatic N) is 2. The maximum atomic E-state index is 4.83. The minimum absolute atomic E-state index is 0.821. The quantitative estimate of drug-likeness (QED) is 0.672. The summed E-state index contributed by atoms with van der Waals surface area (Å²) in [6.07, 6.45) is 4.94. The first-order valence-electron chi connectivity index (χ1n) is 7.00. The Morgan fingerprint density at radius 2 is 2.10 bits per heavy atom. The normalized spacial score (nSPS) is 14.4. The van der Waals surface area contributed by atoms with Crippen LogP contribution in [0.1, 0.15) is 23.3 Å². The maximum Gasteiger partial charge on any atom is 0.173 e. The molecule has 0 unspecified atom stereocenters. The van der Waals surface area contributed by atoms with Crippen LogP contribution in [0.2, 0.25) is 0 Å².